The molecule has 0 aromatic rings. The Kier molecular flexibility index (Phi) is 5.88. The van der Waals surface area contributed by atoms with Crippen molar-refractivity contribution in [3.63, 3.8) is 0 Å². The summed E-state index contributed by atoms with van der Waals surface area (Å²) < 4.78 is 12.0. The Labute approximate surface area is 125 Å². The van der Waals surface area contributed by atoms with Crippen LogP contribution in [0.2, 0.25) is 0 Å². The number of likely N-dealkylation sites (tertiary alicyclic amines) is 1. The number of hydrogen-bond donors (Lipinski definition) is 1. The number of piperidine rings is 1. The van der Waals surface area contributed by atoms with Gasteiger partial charge in [-0.05, 0) is 37.0 Å². The van der Waals surface area contributed by atoms with Crippen LogP contribution in [0.3, 0.4) is 0 Å². The summed E-state index contributed by atoms with van der Waals surface area (Å²) in [7, 11) is 0. The molecule has 20 heavy (non-hydrogen) atoms. The first kappa shape index (κ1) is 16.3. The second kappa shape index (κ2) is 7.24. The fourth-order valence-corrected chi connectivity index (χ4v) is 3.77. The van der Waals surface area contributed by atoms with Crippen LogP contribution in [0.25, 0.3) is 0 Å². The molecule has 3 heteroatoms. The van der Waals surface area contributed by atoms with E-state index < -0.39 is 0 Å². The van der Waals surface area contributed by atoms with E-state index in [1.165, 1.54) is 38.8 Å². The monoisotopic (exact) mass is 284 g/mol. The number of rotatable bonds is 5. The Morgan fingerprint density at radius 3 is 2.50 bits per heavy atom. The molecule has 0 bridgehead atoms. The smallest absolute Gasteiger partial charge is 0.158 e. The fraction of sp³-hybridized carbons (Fsp3) is 1.00. The van der Waals surface area contributed by atoms with Crippen LogP contribution < -0.4 is 4.90 Å². The van der Waals surface area contributed by atoms with Gasteiger partial charge in [0.15, 0.2) is 6.29 Å². The van der Waals surface area contributed by atoms with Crippen LogP contribution in [-0.4, -0.2) is 38.6 Å². The highest BCUT2D eigenvalue weighted by Gasteiger charge is 2.31. The molecule has 0 aromatic carbocycles. The third-order valence-electron chi connectivity index (χ3n) is 4.44. The molecular weight excluding hydrogens is 250 g/mol. The van der Waals surface area contributed by atoms with Gasteiger partial charge in [0.1, 0.15) is 12.6 Å². The van der Waals surface area contributed by atoms with Crippen molar-refractivity contribution in [1.29, 1.82) is 0 Å². The molecule has 0 unspecified atom stereocenters. The van der Waals surface area contributed by atoms with Crippen LogP contribution in [0.5, 0.6) is 0 Å². The lowest BCUT2D eigenvalue weighted by atomic mass is 9.84. The lowest BCUT2D eigenvalue weighted by Crippen LogP contribution is -3.13. The highest BCUT2D eigenvalue weighted by atomic mass is 16.7. The lowest BCUT2D eigenvalue weighted by molar-refractivity contribution is -0.907. The molecule has 0 saturated carbocycles. The molecule has 0 aromatic heterocycles. The predicted octanol–water partition coefficient (Wildman–Crippen LogP) is 2.26. The minimum Gasteiger partial charge on any atom is -0.350 e. The van der Waals surface area contributed by atoms with Gasteiger partial charge >= 0.3 is 0 Å². The van der Waals surface area contributed by atoms with Crippen LogP contribution in [0.4, 0.5) is 0 Å². The van der Waals surface area contributed by atoms with Gasteiger partial charge in [0.25, 0.3) is 0 Å². The van der Waals surface area contributed by atoms with Crippen molar-refractivity contribution in [2.75, 3.05) is 26.2 Å². The number of hydrogen-bond acceptors (Lipinski definition) is 2. The van der Waals surface area contributed by atoms with Crippen LogP contribution in [0, 0.1) is 11.3 Å². The first-order valence-corrected chi connectivity index (χ1v) is 8.53. The van der Waals surface area contributed by atoms with Crippen LogP contribution in [0.1, 0.15) is 59.8 Å². The topological polar surface area (TPSA) is 22.9 Å². The molecule has 0 spiro atoms. The van der Waals surface area contributed by atoms with E-state index in [0.29, 0.717) is 17.4 Å². The summed E-state index contributed by atoms with van der Waals surface area (Å²) in [6.07, 6.45) is 6.83. The van der Waals surface area contributed by atoms with Gasteiger partial charge in [-0.15, -0.1) is 0 Å². The second-order valence-electron chi connectivity index (χ2n) is 8.14. The van der Waals surface area contributed by atoms with Gasteiger partial charge < -0.3 is 14.4 Å². The van der Waals surface area contributed by atoms with Gasteiger partial charge in [0.05, 0.1) is 19.7 Å². The zero-order valence-electron chi connectivity index (χ0n) is 13.9. The Bertz CT molecular complexity index is 281. The number of ether oxygens (including phenoxy) is 2. The van der Waals surface area contributed by atoms with E-state index in [2.05, 4.69) is 27.7 Å². The van der Waals surface area contributed by atoms with Crippen LogP contribution in [-0.2, 0) is 9.47 Å². The van der Waals surface area contributed by atoms with Gasteiger partial charge in [0, 0.05) is 6.42 Å². The largest absolute Gasteiger partial charge is 0.350 e. The van der Waals surface area contributed by atoms with E-state index in [1.807, 2.05) is 0 Å². The maximum atomic E-state index is 6.11. The summed E-state index contributed by atoms with van der Waals surface area (Å²) in [5.41, 5.74) is 0.398. The molecule has 2 aliphatic rings. The minimum atomic E-state index is 0.0431. The molecule has 118 valence electrons. The Morgan fingerprint density at radius 2 is 1.85 bits per heavy atom. The molecule has 2 fully saturated rings. The molecular formula is C17H34NO2+. The molecule has 2 aliphatic heterocycles. The Morgan fingerprint density at radius 1 is 1.15 bits per heavy atom. The third kappa shape index (κ3) is 5.71. The van der Waals surface area contributed by atoms with Crippen LogP contribution in [0.15, 0.2) is 0 Å². The molecule has 2 heterocycles. The summed E-state index contributed by atoms with van der Waals surface area (Å²) in [6, 6.07) is 0. The summed E-state index contributed by atoms with van der Waals surface area (Å²) in [6.45, 7) is 13.8. The quantitative estimate of drug-likeness (QED) is 0.837. The van der Waals surface area contributed by atoms with E-state index in [1.54, 1.807) is 4.90 Å². The normalized spacial score (nSPS) is 30.6. The van der Waals surface area contributed by atoms with Crippen molar-refractivity contribution >= 4 is 0 Å². The first-order chi connectivity index (χ1) is 9.42. The minimum absolute atomic E-state index is 0.0431. The second-order valence-corrected chi connectivity index (χ2v) is 8.14. The summed E-state index contributed by atoms with van der Waals surface area (Å²) in [5, 5.41) is 0. The molecule has 2 rings (SSSR count). The van der Waals surface area contributed by atoms with E-state index in [-0.39, 0.29) is 6.29 Å². The predicted molar refractivity (Wildman–Crippen MR) is 81.9 cm³/mol. The molecule has 3 nitrogen and oxygen atoms in total. The summed E-state index contributed by atoms with van der Waals surface area (Å²) in [4.78, 5) is 1.72. The highest BCUT2D eigenvalue weighted by Crippen LogP contribution is 2.28. The molecule has 0 radical (unpaired) electrons. The van der Waals surface area contributed by atoms with Crippen molar-refractivity contribution < 1.29 is 14.4 Å². The zero-order valence-corrected chi connectivity index (χ0v) is 13.9. The van der Waals surface area contributed by atoms with E-state index in [4.69, 9.17) is 9.47 Å². The third-order valence-corrected chi connectivity index (χ3v) is 4.44. The molecule has 0 amide bonds. The number of nitrogens with one attached hydrogen (secondary N) is 1. The molecule has 0 aliphatic carbocycles. The highest BCUT2D eigenvalue weighted by molar-refractivity contribution is 4.71. The van der Waals surface area contributed by atoms with E-state index in [9.17, 15) is 0 Å². The van der Waals surface area contributed by atoms with E-state index >= 15 is 0 Å². The van der Waals surface area contributed by atoms with Crippen molar-refractivity contribution in [3.8, 4) is 0 Å². The first-order valence-electron chi connectivity index (χ1n) is 8.53. The van der Waals surface area contributed by atoms with Crippen molar-refractivity contribution in [2.24, 2.45) is 11.3 Å². The van der Waals surface area contributed by atoms with Crippen molar-refractivity contribution in [1.82, 2.24) is 0 Å². The van der Waals surface area contributed by atoms with Crippen molar-refractivity contribution in [2.45, 2.75) is 72.2 Å². The molecule has 3 atom stereocenters. The summed E-state index contributed by atoms with van der Waals surface area (Å²) >= 11 is 0. The zero-order chi connectivity index (χ0) is 14.6. The van der Waals surface area contributed by atoms with Gasteiger partial charge in [-0.3, -0.25) is 0 Å². The maximum absolute atomic E-state index is 6.11. The maximum Gasteiger partial charge on any atom is 0.158 e. The van der Waals surface area contributed by atoms with Gasteiger partial charge in [-0.2, -0.15) is 0 Å². The van der Waals surface area contributed by atoms with Gasteiger partial charge in [0.2, 0.25) is 0 Å². The Balaban J connectivity index is 1.66. The number of quaternary nitrogens is 1. The Hall–Kier alpha value is -0.120. The molecule has 1 N–H and O–H groups in total. The van der Waals surface area contributed by atoms with E-state index in [0.717, 1.165) is 19.6 Å². The van der Waals surface area contributed by atoms with Crippen molar-refractivity contribution in [3.05, 3.63) is 0 Å². The summed E-state index contributed by atoms with van der Waals surface area (Å²) in [5.74, 6) is 0.668. The molecule has 2 saturated heterocycles. The van der Waals surface area contributed by atoms with Gasteiger partial charge in [-0.1, -0.05) is 27.7 Å². The standard InChI is InChI=1S/C17H33NO2/c1-14(11-17(2,3)4)10-16-19-13-15(20-16)12-18-8-6-5-7-9-18/h14-16H,5-13H2,1-4H3/p+1/t14-,15+,16-/m1/s1. The average Bonchev–Trinajstić information content (AvgIpc) is 2.75. The lowest BCUT2D eigenvalue weighted by Gasteiger charge is -2.26. The SMILES string of the molecule is C[C@H](C[C@@H]1OC[C@H](C[NH+]2CCCCC2)O1)CC(C)(C)C. The average molecular weight is 284 g/mol. The van der Waals surface area contributed by atoms with Crippen LogP contribution >= 0.6 is 0 Å². The fourth-order valence-electron chi connectivity index (χ4n) is 3.77. The van der Waals surface area contributed by atoms with Gasteiger partial charge in [-0.25, -0.2) is 0 Å².